The van der Waals surface area contributed by atoms with E-state index in [0.29, 0.717) is 34.5 Å². The number of carbonyl (C=O) groups excluding carboxylic acids is 1. The molecule has 0 aliphatic rings. The van der Waals surface area contributed by atoms with E-state index in [9.17, 15) is 4.79 Å². The molecule has 2 aromatic carbocycles. The van der Waals surface area contributed by atoms with Crippen molar-refractivity contribution in [2.45, 2.75) is 6.92 Å². The lowest BCUT2D eigenvalue weighted by Crippen LogP contribution is -2.04. The van der Waals surface area contributed by atoms with E-state index in [4.69, 9.17) is 14.2 Å². The van der Waals surface area contributed by atoms with E-state index in [1.165, 1.54) is 7.11 Å². The molecule has 3 aromatic rings. The molecule has 29 heavy (non-hydrogen) atoms. The number of esters is 1. The fraction of sp³-hybridized carbons (Fsp3) is 0.190. The molecule has 0 saturated heterocycles. The minimum Gasteiger partial charge on any atom is -0.497 e. The molecule has 8 nitrogen and oxygen atoms in total. The van der Waals surface area contributed by atoms with Crippen molar-refractivity contribution in [1.82, 2.24) is 9.97 Å². The summed E-state index contributed by atoms with van der Waals surface area (Å²) in [5.74, 6) is 1.96. The highest BCUT2D eigenvalue weighted by atomic mass is 16.5. The van der Waals surface area contributed by atoms with Crippen LogP contribution in [-0.2, 0) is 4.74 Å². The Labute approximate surface area is 168 Å². The van der Waals surface area contributed by atoms with Crippen LogP contribution in [0, 0.1) is 6.92 Å². The molecule has 0 atom stereocenters. The predicted molar refractivity (Wildman–Crippen MR) is 111 cm³/mol. The van der Waals surface area contributed by atoms with E-state index >= 15 is 0 Å². The summed E-state index contributed by atoms with van der Waals surface area (Å²) in [7, 11) is 4.54. The van der Waals surface area contributed by atoms with Crippen molar-refractivity contribution in [2.24, 2.45) is 0 Å². The van der Waals surface area contributed by atoms with Gasteiger partial charge in [0, 0.05) is 23.5 Å². The Kier molecular flexibility index (Phi) is 6.13. The molecule has 0 radical (unpaired) electrons. The second kappa shape index (κ2) is 8.92. The first kappa shape index (κ1) is 19.9. The number of hydrogen-bond donors (Lipinski definition) is 2. The van der Waals surface area contributed by atoms with Gasteiger partial charge in [0.05, 0.1) is 32.6 Å². The molecule has 1 aromatic heterocycles. The molecular formula is C21H22N4O4. The van der Waals surface area contributed by atoms with Crippen LogP contribution in [0.1, 0.15) is 16.1 Å². The number of nitrogens with one attached hydrogen (secondary N) is 2. The smallest absolute Gasteiger partial charge is 0.337 e. The van der Waals surface area contributed by atoms with Gasteiger partial charge in [0.25, 0.3) is 0 Å². The van der Waals surface area contributed by atoms with Gasteiger partial charge in [0.1, 0.15) is 17.3 Å². The summed E-state index contributed by atoms with van der Waals surface area (Å²) in [6, 6.07) is 14.2. The number of ether oxygens (including phenoxy) is 3. The van der Waals surface area contributed by atoms with E-state index in [1.54, 1.807) is 44.6 Å². The van der Waals surface area contributed by atoms with Gasteiger partial charge in [-0.15, -0.1) is 0 Å². The highest BCUT2D eigenvalue weighted by molar-refractivity contribution is 5.89. The maximum Gasteiger partial charge on any atom is 0.337 e. The summed E-state index contributed by atoms with van der Waals surface area (Å²) in [5, 5.41) is 6.38. The molecule has 0 aliphatic heterocycles. The monoisotopic (exact) mass is 394 g/mol. The number of nitrogens with zero attached hydrogens (tertiary/aromatic N) is 2. The number of anilines is 4. The Bertz CT molecular complexity index is 1010. The Morgan fingerprint density at radius 3 is 2.31 bits per heavy atom. The summed E-state index contributed by atoms with van der Waals surface area (Å²) in [6.45, 7) is 1.88. The Morgan fingerprint density at radius 1 is 0.897 bits per heavy atom. The van der Waals surface area contributed by atoms with Gasteiger partial charge in [-0.1, -0.05) is 0 Å². The highest BCUT2D eigenvalue weighted by Crippen LogP contribution is 2.31. The molecule has 1 heterocycles. The van der Waals surface area contributed by atoms with E-state index in [1.807, 2.05) is 25.1 Å². The number of benzene rings is 2. The maximum absolute atomic E-state index is 11.6. The highest BCUT2D eigenvalue weighted by Gasteiger charge is 2.10. The van der Waals surface area contributed by atoms with Gasteiger partial charge in [-0.2, -0.15) is 4.98 Å². The van der Waals surface area contributed by atoms with Gasteiger partial charge in [0.15, 0.2) is 0 Å². The van der Waals surface area contributed by atoms with Crippen molar-refractivity contribution >= 4 is 29.1 Å². The fourth-order valence-corrected chi connectivity index (χ4v) is 2.68. The van der Waals surface area contributed by atoms with E-state index < -0.39 is 0 Å². The summed E-state index contributed by atoms with van der Waals surface area (Å²) in [6.07, 6.45) is 0. The van der Waals surface area contributed by atoms with Crippen molar-refractivity contribution in [1.29, 1.82) is 0 Å². The van der Waals surface area contributed by atoms with Gasteiger partial charge in [0.2, 0.25) is 5.95 Å². The van der Waals surface area contributed by atoms with Crippen molar-refractivity contribution in [3.63, 3.8) is 0 Å². The van der Waals surface area contributed by atoms with Crippen LogP contribution in [0.15, 0.2) is 48.5 Å². The molecule has 0 aliphatic carbocycles. The zero-order valence-corrected chi connectivity index (χ0v) is 16.6. The first-order chi connectivity index (χ1) is 14.0. The molecule has 8 heteroatoms. The van der Waals surface area contributed by atoms with Crippen LogP contribution < -0.4 is 20.1 Å². The van der Waals surface area contributed by atoms with Crippen LogP contribution in [0.5, 0.6) is 11.5 Å². The summed E-state index contributed by atoms with van der Waals surface area (Å²) in [5.41, 5.74) is 2.72. The van der Waals surface area contributed by atoms with Gasteiger partial charge in [-0.05, 0) is 43.3 Å². The lowest BCUT2D eigenvalue weighted by Gasteiger charge is -2.13. The van der Waals surface area contributed by atoms with Crippen LogP contribution in [0.4, 0.5) is 23.1 Å². The third kappa shape index (κ3) is 4.92. The SMILES string of the molecule is COC(=O)c1ccc(Nc2cc(C)nc(Nc3cc(OC)ccc3OC)n2)cc1. The number of rotatable bonds is 7. The average Bonchev–Trinajstić information content (AvgIpc) is 2.73. The van der Waals surface area contributed by atoms with Gasteiger partial charge in [-0.25, -0.2) is 9.78 Å². The van der Waals surface area contributed by atoms with E-state index in [0.717, 1.165) is 11.4 Å². The van der Waals surface area contributed by atoms with Crippen LogP contribution in [0.2, 0.25) is 0 Å². The van der Waals surface area contributed by atoms with Gasteiger partial charge >= 0.3 is 5.97 Å². The summed E-state index contributed by atoms with van der Waals surface area (Å²) >= 11 is 0. The van der Waals surface area contributed by atoms with E-state index in [2.05, 4.69) is 20.6 Å². The van der Waals surface area contributed by atoms with Crippen LogP contribution >= 0.6 is 0 Å². The topological polar surface area (TPSA) is 94.6 Å². The first-order valence-corrected chi connectivity index (χ1v) is 8.82. The zero-order valence-electron chi connectivity index (χ0n) is 16.6. The third-order valence-corrected chi connectivity index (χ3v) is 4.09. The fourth-order valence-electron chi connectivity index (χ4n) is 2.68. The predicted octanol–water partition coefficient (Wildman–Crippen LogP) is 4.08. The Hall–Kier alpha value is -3.81. The summed E-state index contributed by atoms with van der Waals surface area (Å²) < 4.78 is 15.4. The molecule has 0 fully saturated rings. The Balaban J connectivity index is 1.82. The average molecular weight is 394 g/mol. The zero-order chi connectivity index (χ0) is 20.8. The molecule has 0 saturated carbocycles. The lowest BCUT2D eigenvalue weighted by atomic mass is 10.2. The van der Waals surface area contributed by atoms with Gasteiger partial charge in [-0.3, -0.25) is 0 Å². The first-order valence-electron chi connectivity index (χ1n) is 8.82. The van der Waals surface area contributed by atoms with Crippen LogP contribution in [0.3, 0.4) is 0 Å². The molecule has 0 spiro atoms. The molecule has 3 rings (SSSR count). The van der Waals surface area contributed by atoms with Crippen LogP contribution in [-0.4, -0.2) is 37.3 Å². The molecule has 0 unspecified atom stereocenters. The summed E-state index contributed by atoms with van der Waals surface area (Å²) in [4.78, 5) is 20.5. The molecule has 0 amide bonds. The number of aromatic nitrogens is 2. The number of hydrogen-bond acceptors (Lipinski definition) is 8. The van der Waals surface area contributed by atoms with Crippen LogP contribution in [0.25, 0.3) is 0 Å². The second-order valence-electron chi connectivity index (χ2n) is 6.10. The minimum absolute atomic E-state index is 0.381. The van der Waals surface area contributed by atoms with Crippen molar-refractivity contribution in [2.75, 3.05) is 32.0 Å². The van der Waals surface area contributed by atoms with Crippen molar-refractivity contribution in [3.8, 4) is 11.5 Å². The largest absolute Gasteiger partial charge is 0.497 e. The molecule has 150 valence electrons. The quantitative estimate of drug-likeness (QED) is 0.579. The van der Waals surface area contributed by atoms with Crippen molar-refractivity contribution in [3.05, 3.63) is 59.8 Å². The molecule has 0 bridgehead atoms. The lowest BCUT2D eigenvalue weighted by molar-refractivity contribution is 0.0601. The van der Waals surface area contributed by atoms with Crippen molar-refractivity contribution < 1.29 is 19.0 Å². The maximum atomic E-state index is 11.6. The number of methoxy groups -OCH3 is 3. The van der Waals surface area contributed by atoms with Gasteiger partial charge < -0.3 is 24.8 Å². The van der Waals surface area contributed by atoms with E-state index in [-0.39, 0.29) is 5.97 Å². The standard InChI is InChI=1S/C21H22N4O4/c1-13-11-19(23-15-7-5-14(6-8-15)20(26)29-4)25-21(22-13)24-17-12-16(27-2)9-10-18(17)28-3/h5-12H,1-4H3,(H2,22,23,24,25). The minimum atomic E-state index is -0.381. The second-order valence-corrected chi connectivity index (χ2v) is 6.10. The normalized spacial score (nSPS) is 10.2. The number of carbonyl (C=O) groups is 1. The molecule has 2 N–H and O–H groups in total. The number of aryl methyl sites for hydroxylation is 1. The Morgan fingerprint density at radius 2 is 1.66 bits per heavy atom. The molecular weight excluding hydrogens is 372 g/mol. The third-order valence-electron chi connectivity index (χ3n) is 4.09.